The maximum Gasteiger partial charge on any atom is 0.329 e. The van der Waals surface area contributed by atoms with E-state index in [2.05, 4.69) is 5.32 Å². The lowest BCUT2D eigenvalue weighted by Crippen LogP contribution is -2.44. The molecule has 0 heterocycles. The summed E-state index contributed by atoms with van der Waals surface area (Å²) in [4.78, 5) is 35.2. The maximum atomic E-state index is 12.4. The highest BCUT2D eigenvalue weighted by molar-refractivity contribution is 5.84. The summed E-state index contributed by atoms with van der Waals surface area (Å²) in [6.07, 6.45) is 19.0. The van der Waals surface area contributed by atoms with Gasteiger partial charge in [0.05, 0.1) is 0 Å². The summed E-state index contributed by atoms with van der Waals surface area (Å²) in [5.74, 6) is -1.12. The molecule has 0 aliphatic rings. The van der Waals surface area contributed by atoms with Gasteiger partial charge >= 0.3 is 11.9 Å². The quantitative estimate of drug-likeness (QED) is 0.113. The van der Waals surface area contributed by atoms with E-state index in [0.29, 0.717) is 25.8 Å². The molecule has 0 radical (unpaired) electrons. The van der Waals surface area contributed by atoms with E-state index in [1.807, 2.05) is 20.8 Å². The number of hydrogen-bond acceptors (Lipinski definition) is 5. The number of carboxylic acid groups (broad SMARTS) is 1. The average molecular weight is 499 g/mol. The second kappa shape index (κ2) is 21.6. The SMILES string of the molecule is CC(C)(C)OC(=O)C(CCCCN)NC(=O)CCCCCCCCCCCCCCCCC(=O)O. The zero-order valence-corrected chi connectivity index (χ0v) is 22.9. The Kier molecular flexibility index (Phi) is 20.6. The Morgan fingerprint density at radius 3 is 1.54 bits per heavy atom. The lowest BCUT2D eigenvalue weighted by molar-refractivity contribution is -0.159. The van der Waals surface area contributed by atoms with E-state index >= 15 is 0 Å². The Bertz CT molecular complexity index is 560. The third-order valence-corrected chi connectivity index (χ3v) is 6.02. The van der Waals surface area contributed by atoms with Crippen molar-refractivity contribution in [1.82, 2.24) is 5.32 Å². The minimum absolute atomic E-state index is 0.0736. The molecule has 0 fully saturated rings. The third kappa shape index (κ3) is 23.9. The standard InChI is InChI=1S/C28H54N2O5/c1-28(2,3)35-27(34)24(20-18-19-23-29)30-25(31)21-16-14-12-10-8-6-4-5-7-9-11-13-15-17-22-26(32)33/h24H,4-23,29H2,1-3H3,(H,30,31)(H,32,33). The Balaban J connectivity index is 3.72. The molecule has 1 unspecified atom stereocenters. The first-order chi connectivity index (χ1) is 16.7. The first kappa shape index (κ1) is 33.4. The molecule has 0 aromatic rings. The van der Waals surface area contributed by atoms with Gasteiger partial charge in [-0.2, -0.15) is 0 Å². The molecule has 1 atom stereocenters. The van der Waals surface area contributed by atoms with Crippen LogP contribution in [0.15, 0.2) is 0 Å². The van der Waals surface area contributed by atoms with Crippen molar-refractivity contribution in [2.24, 2.45) is 5.73 Å². The highest BCUT2D eigenvalue weighted by Crippen LogP contribution is 2.15. The number of amides is 1. The van der Waals surface area contributed by atoms with Crippen LogP contribution in [0.3, 0.4) is 0 Å². The van der Waals surface area contributed by atoms with Crippen molar-refractivity contribution >= 4 is 17.8 Å². The minimum atomic E-state index is -0.686. The lowest BCUT2D eigenvalue weighted by Gasteiger charge is -2.24. The smallest absolute Gasteiger partial charge is 0.329 e. The minimum Gasteiger partial charge on any atom is -0.481 e. The van der Waals surface area contributed by atoms with Crippen LogP contribution in [-0.2, 0) is 19.1 Å². The summed E-state index contributed by atoms with van der Waals surface area (Å²) in [6.45, 7) is 6.07. The van der Waals surface area contributed by atoms with Gasteiger partial charge in [-0.15, -0.1) is 0 Å². The van der Waals surface area contributed by atoms with E-state index < -0.39 is 17.6 Å². The number of unbranched alkanes of at least 4 members (excludes halogenated alkanes) is 14. The van der Waals surface area contributed by atoms with Crippen molar-refractivity contribution in [2.75, 3.05) is 6.54 Å². The van der Waals surface area contributed by atoms with Crippen molar-refractivity contribution in [1.29, 1.82) is 0 Å². The van der Waals surface area contributed by atoms with Crippen molar-refractivity contribution in [3.8, 4) is 0 Å². The van der Waals surface area contributed by atoms with E-state index in [9.17, 15) is 14.4 Å². The molecule has 7 nitrogen and oxygen atoms in total. The highest BCUT2D eigenvalue weighted by atomic mass is 16.6. The number of hydrogen-bond donors (Lipinski definition) is 3. The molecule has 0 aromatic carbocycles. The van der Waals surface area contributed by atoms with Gasteiger partial charge in [0.1, 0.15) is 11.6 Å². The molecular weight excluding hydrogens is 444 g/mol. The number of carboxylic acids is 1. The molecule has 0 aliphatic heterocycles. The molecule has 0 aromatic heterocycles. The van der Waals surface area contributed by atoms with Gasteiger partial charge in [-0.3, -0.25) is 9.59 Å². The zero-order valence-electron chi connectivity index (χ0n) is 22.9. The van der Waals surface area contributed by atoms with Gasteiger partial charge in [0.15, 0.2) is 0 Å². The first-order valence-electron chi connectivity index (χ1n) is 14.1. The molecule has 35 heavy (non-hydrogen) atoms. The van der Waals surface area contributed by atoms with Gasteiger partial charge in [-0.05, 0) is 59.4 Å². The Labute approximate surface area is 214 Å². The fourth-order valence-electron chi connectivity index (χ4n) is 4.06. The Hall–Kier alpha value is -1.63. The van der Waals surface area contributed by atoms with Gasteiger partial charge < -0.3 is 20.9 Å². The van der Waals surface area contributed by atoms with E-state index in [0.717, 1.165) is 51.4 Å². The fourth-order valence-corrected chi connectivity index (χ4v) is 4.06. The van der Waals surface area contributed by atoms with Crippen LogP contribution in [0.4, 0.5) is 0 Å². The number of ether oxygens (including phenoxy) is 1. The van der Waals surface area contributed by atoms with Crippen molar-refractivity contribution in [3.05, 3.63) is 0 Å². The molecule has 4 N–H and O–H groups in total. The molecule has 206 valence electrons. The van der Waals surface area contributed by atoms with Gasteiger partial charge in [-0.25, -0.2) is 4.79 Å². The number of carbonyl (C=O) groups excluding carboxylic acids is 2. The number of nitrogens with one attached hydrogen (secondary N) is 1. The maximum absolute atomic E-state index is 12.4. The van der Waals surface area contributed by atoms with Gasteiger partial charge in [0.2, 0.25) is 5.91 Å². The van der Waals surface area contributed by atoms with Crippen molar-refractivity contribution in [3.63, 3.8) is 0 Å². The Morgan fingerprint density at radius 1 is 0.714 bits per heavy atom. The van der Waals surface area contributed by atoms with Gasteiger partial charge in [0, 0.05) is 12.8 Å². The van der Waals surface area contributed by atoms with E-state index in [1.54, 1.807) is 0 Å². The second-order valence-corrected chi connectivity index (χ2v) is 10.8. The molecule has 7 heteroatoms. The summed E-state index contributed by atoms with van der Waals surface area (Å²) in [7, 11) is 0. The molecule has 0 aliphatic carbocycles. The molecule has 0 spiro atoms. The van der Waals surface area contributed by atoms with Crippen LogP contribution in [0.1, 0.15) is 143 Å². The number of rotatable bonds is 23. The fraction of sp³-hybridized carbons (Fsp3) is 0.893. The monoisotopic (exact) mass is 498 g/mol. The predicted octanol–water partition coefficient (Wildman–Crippen LogP) is 6.27. The molecule has 1 amide bonds. The van der Waals surface area contributed by atoms with Crippen LogP contribution in [0.5, 0.6) is 0 Å². The number of aliphatic carboxylic acids is 1. The van der Waals surface area contributed by atoms with Crippen LogP contribution in [0, 0.1) is 0 Å². The van der Waals surface area contributed by atoms with Crippen LogP contribution >= 0.6 is 0 Å². The number of nitrogens with two attached hydrogens (primary N) is 1. The average Bonchev–Trinajstić information content (AvgIpc) is 2.76. The van der Waals surface area contributed by atoms with Gasteiger partial charge in [0.25, 0.3) is 0 Å². The first-order valence-corrected chi connectivity index (χ1v) is 14.1. The molecule has 0 saturated carbocycles. The molecule has 0 saturated heterocycles. The predicted molar refractivity (Wildman–Crippen MR) is 142 cm³/mol. The number of esters is 1. The largest absolute Gasteiger partial charge is 0.481 e. The summed E-state index contributed by atoms with van der Waals surface area (Å²) in [5, 5.41) is 11.5. The van der Waals surface area contributed by atoms with E-state index in [1.165, 1.54) is 51.4 Å². The molecule has 0 bridgehead atoms. The highest BCUT2D eigenvalue weighted by Gasteiger charge is 2.26. The normalized spacial score (nSPS) is 12.3. The molecular formula is C28H54N2O5. The van der Waals surface area contributed by atoms with Crippen LogP contribution < -0.4 is 11.1 Å². The third-order valence-electron chi connectivity index (χ3n) is 6.02. The topological polar surface area (TPSA) is 119 Å². The van der Waals surface area contributed by atoms with Crippen molar-refractivity contribution < 1.29 is 24.2 Å². The molecule has 0 rings (SSSR count). The van der Waals surface area contributed by atoms with Crippen LogP contribution in [0.25, 0.3) is 0 Å². The lowest BCUT2D eigenvalue weighted by atomic mass is 10.0. The van der Waals surface area contributed by atoms with Gasteiger partial charge in [-0.1, -0.05) is 77.0 Å². The summed E-state index contributed by atoms with van der Waals surface area (Å²) in [6, 6.07) is -0.592. The zero-order chi connectivity index (χ0) is 26.4. The summed E-state index contributed by atoms with van der Waals surface area (Å²) >= 11 is 0. The van der Waals surface area contributed by atoms with E-state index in [4.69, 9.17) is 15.6 Å². The summed E-state index contributed by atoms with van der Waals surface area (Å²) < 4.78 is 5.47. The second-order valence-electron chi connectivity index (χ2n) is 10.8. The van der Waals surface area contributed by atoms with Crippen molar-refractivity contribution in [2.45, 2.75) is 154 Å². The van der Waals surface area contributed by atoms with Crippen LogP contribution in [-0.4, -0.2) is 41.1 Å². The summed E-state index contributed by atoms with van der Waals surface area (Å²) in [5.41, 5.74) is 4.98. The van der Waals surface area contributed by atoms with Crippen LogP contribution in [0.2, 0.25) is 0 Å². The Morgan fingerprint density at radius 2 is 1.14 bits per heavy atom. The number of carbonyl (C=O) groups is 3. The van der Waals surface area contributed by atoms with E-state index in [-0.39, 0.29) is 11.9 Å².